The van der Waals surface area contributed by atoms with Crippen molar-refractivity contribution in [3.63, 3.8) is 0 Å². The Morgan fingerprint density at radius 1 is 1.23 bits per heavy atom. The van der Waals surface area contributed by atoms with Crippen molar-refractivity contribution in [2.24, 2.45) is 0 Å². The van der Waals surface area contributed by atoms with Gasteiger partial charge in [0, 0.05) is 38.5 Å². The van der Waals surface area contributed by atoms with Crippen LogP contribution in [0.5, 0.6) is 0 Å². The lowest BCUT2D eigenvalue weighted by Crippen LogP contribution is -2.33. The molecule has 0 aliphatic carbocycles. The first kappa shape index (κ1) is 19.8. The van der Waals surface area contributed by atoms with Gasteiger partial charge in [0.15, 0.2) is 0 Å². The molecule has 1 amide bonds. The molecule has 0 aliphatic rings. The number of hydrogen-bond acceptors (Lipinski definition) is 5. The number of methoxy groups -OCH3 is 1. The average Bonchev–Trinajstić information content (AvgIpc) is 2.63. The smallest absolute Gasteiger partial charge is 0.270 e. The van der Waals surface area contributed by atoms with Gasteiger partial charge in [0.1, 0.15) is 5.69 Å². The predicted molar refractivity (Wildman–Crippen MR) is 103 cm³/mol. The summed E-state index contributed by atoms with van der Waals surface area (Å²) < 4.78 is 5.00. The largest absolute Gasteiger partial charge is 0.385 e. The van der Waals surface area contributed by atoms with E-state index in [1.807, 2.05) is 25.1 Å². The monoisotopic (exact) mass is 356 g/mol. The number of anilines is 1. The van der Waals surface area contributed by atoms with Crippen molar-refractivity contribution in [1.29, 1.82) is 0 Å². The van der Waals surface area contributed by atoms with Crippen molar-refractivity contribution in [1.82, 2.24) is 15.3 Å². The maximum atomic E-state index is 12.4. The summed E-state index contributed by atoms with van der Waals surface area (Å²) in [4.78, 5) is 23.6. The van der Waals surface area contributed by atoms with Crippen molar-refractivity contribution < 1.29 is 9.53 Å². The molecule has 6 nitrogen and oxygen atoms in total. The van der Waals surface area contributed by atoms with E-state index in [1.54, 1.807) is 13.2 Å². The Hall–Kier alpha value is -2.47. The molecule has 2 rings (SSSR count). The number of benzene rings is 1. The van der Waals surface area contributed by atoms with Gasteiger partial charge in [-0.05, 0) is 38.8 Å². The molecule has 0 spiro atoms. The first-order valence-corrected chi connectivity index (χ1v) is 8.94. The third-order valence-corrected chi connectivity index (χ3v) is 3.96. The maximum absolute atomic E-state index is 12.4. The highest BCUT2D eigenvalue weighted by atomic mass is 16.5. The van der Waals surface area contributed by atoms with E-state index in [0.29, 0.717) is 31.3 Å². The van der Waals surface area contributed by atoms with E-state index in [1.165, 1.54) is 5.56 Å². The third-order valence-electron chi connectivity index (χ3n) is 3.96. The minimum absolute atomic E-state index is 0.184. The second-order valence-electron chi connectivity index (χ2n) is 6.50. The van der Waals surface area contributed by atoms with Crippen LogP contribution in [-0.4, -0.2) is 42.2 Å². The van der Waals surface area contributed by atoms with Crippen LogP contribution < -0.4 is 10.2 Å². The number of carbonyl (C=O) groups excluding carboxylic acids is 1. The van der Waals surface area contributed by atoms with E-state index >= 15 is 0 Å². The van der Waals surface area contributed by atoms with Gasteiger partial charge in [0.2, 0.25) is 5.95 Å². The zero-order chi connectivity index (χ0) is 18.9. The van der Waals surface area contributed by atoms with Crippen LogP contribution in [0.2, 0.25) is 0 Å². The number of ether oxygens (including phenoxy) is 1. The van der Waals surface area contributed by atoms with Crippen molar-refractivity contribution in [3.05, 3.63) is 53.3 Å². The van der Waals surface area contributed by atoms with E-state index < -0.39 is 0 Å². The van der Waals surface area contributed by atoms with E-state index in [2.05, 4.69) is 46.2 Å². The SMILES string of the molecule is COCCCNC(=O)c1cc(C)nc(N(Cc2ccccc2)C(C)C)n1. The Bertz CT molecular complexity index is 704. The summed E-state index contributed by atoms with van der Waals surface area (Å²) in [6.45, 7) is 7.94. The van der Waals surface area contributed by atoms with Crippen molar-refractivity contribution in [3.8, 4) is 0 Å². The molecule has 0 aliphatic heterocycles. The van der Waals surface area contributed by atoms with Gasteiger partial charge in [-0.2, -0.15) is 0 Å². The Labute approximate surface area is 155 Å². The molecule has 0 atom stereocenters. The first-order valence-electron chi connectivity index (χ1n) is 8.94. The molecule has 0 bridgehead atoms. The fraction of sp³-hybridized carbons (Fsp3) is 0.450. The highest BCUT2D eigenvalue weighted by molar-refractivity contribution is 5.92. The van der Waals surface area contributed by atoms with Crippen LogP contribution in [0.4, 0.5) is 5.95 Å². The average molecular weight is 356 g/mol. The molecule has 1 heterocycles. The lowest BCUT2D eigenvalue weighted by Gasteiger charge is -2.27. The van der Waals surface area contributed by atoms with Crippen molar-refractivity contribution in [2.75, 3.05) is 25.2 Å². The molecule has 0 saturated heterocycles. The molecule has 2 aromatic rings. The van der Waals surface area contributed by atoms with Crippen LogP contribution >= 0.6 is 0 Å². The molecule has 0 saturated carbocycles. The summed E-state index contributed by atoms with van der Waals surface area (Å²) in [5.41, 5.74) is 2.34. The molecular formula is C20H28N4O2. The van der Waals surface area contributed by atoms with Gasteiger partial charge in [-0.15, -0.1) is 0 Å². The first-order chi connectivity index (χ1) is 12.5. The zero-order valence-corrected chi connectivity index (χ0v) is 16.0. The predicted octanol–water partition coefficient (Wildman–Crippen LogP) is 2.97. The molecule has 0 fully saturated rings. The van der Waals surface area contributed by atoms with Crippen LogP contribution in [0.25, 0.3) is 0 Å². The van der Waals surface area contributed by atoms with Crippen LogP contribution in [0.3, 0.4) is 0 Å². The summed E-state index contributed by atoms with van der Waals surface area (Å²) >= 11 is 0. The van der Waals surface area contributed by atoms with E-state index in [-0.39, 0.29) is 11.9 Å². The zero-order valence-electron chi connectivity index (χ0n) is 16.0. The van der Waals surface area contributed by atoms with E-state index in [4.69, 9.17) is 4.74 Å². The third kappa shape index (κ3) is 5.81. The number of hydrogen-bond donors (Lipinski definition) is 1. The summed E-state index contributed by atoms with van der Waals surface area (Å²) in [5.74, 6) is 0.391. The molecule has 1 aromatic carbocycles. The van der Waals surface area contributed by atoms with E-state index in [0.717, 1.165) is 12.1 Å². The molecule has 140 valence electrons. The lowest BCUT2D eigenvalue weighted by atomic mass is 10.2. The van der Waals surface area contributed by atoms with E-state index in [9.17, 15) is 4.79 Å². The van der Waals surface area contributed by atoms with Gasteiger partial charge in [-0.25, -0.2) is 9.97 Å². The van der Waals surface area contributed by atoms with Crippen LogP contribution in [0.1, 0.15) is 42.0 Å². The van der Waals surface area contributed by atoms with Gasteiger partial charge in [0.25, 0.3) is 5.91 Å². The topological polar surface area (TPSA) is 67.3 Å². The molecule has 26 heavy (non-hydrogen) atoms. The van der Waals surface area contributed by atoms with Crippen LogP contribution in [-0.2, 0) is 11.3 Å². The summed E-state index contributed by atoms with van der Waals surface area (Å²) in [5, 5.41) is 2.88. The highest BCUT2D eigenvalue weighted by Crippen LogP contribution is 2.17. The Morgan fingerprint density at radius 2 is 1.96 bits per heavy atom. The normalized spacial score (nSPS) is 10.8. The van der Waals surface area contributed by atoms with Crippen molar-refractivity contribution in [2.45, 2.75) is 39.8 Å². The standard InChI is InChI=1S/C20H28N4O2/c1-15(2)24(14-17-9-6-5-7-10-17)20-22-16(3)13-18(23-20)19(25)21-11-8-12-26-4/h5-7,9-10,13,15H,8,11-12,14H2,1-4H3,(H,21,25). The summed E-state index contributed by atoms with van der Waals surface area (Å²) in [6.07, 6.45) is 0.769. The fourth-order valence-electron chi connectivity index (χ4n) is 2.57. The minimum atomic E-state index is -0.184. The number of aromatic nitrogens is 2. The quantitative estimate of drug-likeness (QED) is 0.700. The number of rotatable bonds is 9. The van der Waals surface area contributed by atoms with Gasteiger partial charge in [0.05, 0.1) is 0 Å². The van der Waals surface area contributed by atoms with Crippen LogP contribution in [0.15, 0.2) is 36.4 Å². The highest BCUT2D eigenvalue weighted by Gasteiger charge is 2.17. The maximum Gasteiger partial charge on any atom is 0.270 e. The number of amides is 1. The van der Waals surface area contributed by atoms with Crippen molar-refractivity contribution >= 4 is 11.9 Å². The summed E-state index contributed by atoms with van der Waals surface area (Å²) in [7, 11) is 1.65. The Kier molecular flexibility index (Phi) is 7.53. The van der Waals surface area contributed by atoms with Gasteiger partial charge in [-0.3, -0.25) is 4.79 Å². The number of nitrogens with one attached hydrogen (secondary N) is 1. The fourth-order valence-corrected chi connectivity index (χ4v) is 2.57. The molecular weight excluding hydrogens is 328 g/mol. The van der Waals surface area contributed by atoms with Gasteiger partial charge in [-0.1, -0.05) is 30.3 Å². The molecule has 1 N–H and O–H groups in total. The summed E-state index contributed by atoms with van der Waals surface area (Å²) in [6, 6.07) is 12.1. The Balaban J connectivity index is 2.18. The number of nitrogens with zero attached hydrogens (tertiary/aromatic N) is 3. The lowest BCUT2D eigenvalue weighted by molar-refractivity contribution is 0.0943. The van der Waals surface area contributed by atoms with Crippen LogP contribution in [0, 0.1) is 6.92 Å². The second-order valence-corrected chi connectivity index (χ2v) is 6.50. The Morgan fingerprint density at radius 3 is 2.62 bits per heavy atom. The molecule has 0 unspecified atom stereocenters. The number of aryl methyl sites for hydroxylation is 1. The van der Waals surface area contributed by atoms with Gasteiger partial charge < -0.3 is 15.0 Å². The molecule has 6 heteroatoms. The number of carbonyl (C=O) groups is 1. The minimum Gasteiger partial charge on any atom is -0.385 e. The second kappa shape index (κ2) is 9.87. The molecule has 1 aromatic heterocycles. The molecule has 0 radical (unpaired) electrons. The van der Waals surface area contributed by atoms with Gasteiger partial charge >= 0.3 is 0 Å².